The maximum Gasteiger partial charge on any atom is 0.338 e. The molecule has 0 aliphatic carbocycles. The Balaban J connectivity index is 1.41. The Morgan fingerprint density at radius 2 is 1.78 bits per heavy atom. The fourth-order valence-electron chi connectivity index (χ4n) is 4.49. The molecule has 0 fully saturated rings. The summed E-state index contributed by atoms with van der Waals surface area (Å²) in [5.74, 6) is 0.288. The van der Waals surface area contributed by atoms with Crippen molar-refractivity contribution in [2.75, 3.05) is 27.4 Å². The summed E-state index contributed by atoms with van der Waals surface area (Å²) in [6.07, 6.45) is 1.42. The molecule has 46 heavy (non-hydrogen) atoms. The van der Waals surface area contributed by atoms with Gasteiger partial charge in [-0.15, -0.1) is 0 Å². The average Bonchev–Trinajstić information content (AvgIpc) is 3.03. The molecule has 0 saturated carbocycles. The molecule has 1 atom stereocenters. The first-order valence-corrected chi connectivity index (χ1v) is 14.7. The number of methoxy groups -OCH3 is 2. The van der Waals surface area contributed by atoms with Crippen molar-refractivity contribution in [1.29, 1.82) is 0 Å². The highest BCUT2D eigenvalue weighted by molar-refractivity contribution is 6.35. The Morgan fingerprint density at radius 1 is 1.00 bits per heavy atom. The number of halogens is 2. The molecule has 3 N–H and O–H groups in total. The van der Waals surface area contributed by atoms with E-state index in [-0.39, 0.29) is 36.9 Å². The van der Waals surface area contributed by atoms with E-state index < -0.39 is 23.9 Å². The summed E-state index contributed by atoms with van der Waals surface area (Å²) < 4.78 is 27.8. The number of para-hydroxylation sites is 1. The van der Waals surface area contributed by atoms with Crippen LogP contribution in [0.5, 0.6) is 23.0 Å². The summed E-state index contributed by atoms with van der Waals surface area (Å²) in [4.78, 5) is 37.4. The molecule has 3 aromatic carbocycles. The normalized spacial score (nSPS) is 14.3. The molecule has 14 heteroatoms. The Morgan fingerprint density at radius 3 is 2.50 bits per heavy atom. The number of esters is 1. The van der Waals surface area contributed by atoms with Gasteiger partial charge in [0.05, 0.1) is 38.7 Å². The molecule has 0 unspecified atom stereocenters. The Hall–Kier alpha value is -4.94. The number of ether oxygens (including phenoxy) is 5. The van der Waals surface area contributed by atoms with E-state index in [9.17, 15) is 14.4 Å². The van der Waals surface area contributed by atoms with Crippen LogP contribution in [0.2, 0.25) is 10.0 Å². The van der Waals surface area contributed by atoms with E-state index in [0.29, 0.717) is 38.4 Å². The van der Waals surface area contributed by atoms with Crippen LogP contribution in [0, 0.1) is 0 Å². The molecule has 12 nitrogen and oxygen atoms in total. The van der Waals surface area contributed by atoms with Gasteiger partial charge in [0.15, 0.2) is 29.6 Å². The highest BCUT2D eigenvalue weighted by Crippen LogP contribution is 2.35. The highest BCUT2D eigenvalue weighted by atomic mass is 35.5. The number of benzene rings is 3. The Labute approximate surface area is 275 Å². The van der Waals surface area contributed by atoms with E-state index >= 15 is 0 Å². The molecule has 3 amide bonds. The number of hydrazone groups is 1. The van der Waals surface area contributed by atoms with Crippen molar-refractivity contribution >= 4 is 47.3 Å². The van der Waals surface area contributed by atoms with Crippen molar-refractivity contribution in [3.63, 3.8) is 0 Å². The van der Waals surface area contributed by atoms with Crippen LogP contribution in [0.1, 0.15) is 36.6 Å². The van der Waals surface area contributed by atoms with Gasteiger partial charge < -0.3 is 34.3 Å². The van der Waals surface area contributed by atoms with Crippen LogP contribution in [0.3, 0.4) is 0 Å². The van der Waals surface area contributed by atoms with Gasteiger partial charge in [-0.1, -0.05) is 41.4 Å². The molecule has 4 rings (SSSR count). The molecule has 0 radical (unpaired) electrons. The van der Waals surface area contributed by atoms with Crippen LogP contribution >= 0.6 is 23.2 Å². The third-order valence-corrected chi connectivity index (χ3v) is 7.24. The van der Waals surface area contributed by atoms with Gasteiger partial charge >= 0.3 is 12.0 Å². The lowest BCUT2D eigenvalue weighted by atomic mass is 9.95. The first-order valence-electron chi connectivity index (χ1n) is 14.0. The van der Waals surface area contributed by atoms with Crippen molar-refractivity contribution in [3.05, 3.63) is 92.6 Å². The molecule has 1 heterocycles. The van der Waals surface area contributed by atoms with E-state index in [4.69, 9.17) is 46.9 Å². The third kappa shape index (κ3) is 8.40. The quantitative estimate of drug-likeness (QED) is 0.126. The van der Waals surface area contributed by atoms with Crippen LogP contribution in [-0.2, 0) is 20.9 Å². The zero-order chi connectivity index (χ0) is 33.2. The number of nitrogens with zero attached hydrogens (tertiary/aromatic N) is 1. The Kier molecular flexibility index (Phi) is 11.7. The molecular weight excluding hydrogens is 639 g/mol. The lowest BCUT2D eigenvalue weighted by Gasteiger charge is -2.28. The summed E-state index contributed by atoms with van der Waals surface area (Å²) in [5, 5.41) is 10.3. The first kappa shape index (κ1) is 33.9. The number of amides is 3. The number of urea groups is 1. The summed E-state index contributed by atoms with van der Waals surface area (Å²) >= 11 is 12.3. The van der Waals surface area contributed by atoms with Gasteiger partial charge in [-0.25, -0.2) is 15.0 Å². The van der Waals surface area contributed by atoms with E-state index in [0.717, 1.165) is 5.56 Å². The molecule has 242 valence electrons. The highest BCUT2D eigenvalue weighted by Gasteiger charge is 2.32. The van der Waals surface area contributed by atoms with Gasteiger partial charge in [0, 0.05) is 26.9 Å². The van der Waals surface area contributed by atoms with E-state index in [1.807, 2.05) is 0 Å². The second-order valence-electron chi connectivity index (χ2n) is 9.69. The molecule has 0 bridgehead atoms. The second-order valence-corrected chi connectivity index (χ2v) is 10.5. The van der Waals surface area contributed by atoms with Crippen molar-refractivity contribution in [2.24, 2.45) is 5.10 Å². The van der Waals surface area contributed by atoms with Crippen LogP contribution < -0.4 is 35.0 Å². The molecule has 0 aromatic heterocycles. The van der Waals surface area contributed by atoms with Crippen LogP contribution in [0.15, 0.2) is 71.0 Å². The van der Waals surface area contributed by atoms with Gasteiger partial charge in [-0.3, -0.25) is 4.79 Å². The summed E-state index contributed by atoms with van der Waals surface area (Å²) in [7, 11) is 2.94. The van der Waals surface area contributed by atoms with Gasteiger partial charge in [0.25, 0.3) is 5.91 Å². The standard InChI is InChI=1S/C32H32Cl2N4O8/c1-5-44-31(40)28-18(2)36-32(41)37-29(28)19-10-12-24(26(13-19)43-4)45-17-27(39)38-35-15-20-7-6-8-25(42-3)30(20)46-16-21-9-11-22(33)14-23(21)34/h6-15,29H,5,16-17H2,1-4H3,(H,38,39)(H2,36,37,41)/b35-15+/t29-/m1/s1. The van der Waals surface area contributed by atoms with Crippen molar-refractivity contribution < 1.29 is 38.1 Å². The zero-order valence-corrected chi connectivity index (χ0v) is 27.0. The number of carbonyl (C=O) groups excluding carboxylic acids is 3. The number of rotatable bonds is 13. The summed E-state index contributed by atoms with van der Waals surface area (Å²) in [5.41, 5.74) is 4.86. The number of hydrogen-bond donors (Lipinski definition) is 3. The minimum atomic E-state index is -0.790. The smallest absolute Gasteiger partial charge is 0.338 e. The monoisotopic (exact) mass is 670 g/mol. The fourth-order valence-corrected chi connectivity index (χ4v) is 4.96. The number of hydrogen-bond acceptors (Lipinski definition) is 9. The molecule has 3 aromatic rings. The number of allylic oxidation sites excluding steroid dienone is 1. The molecular formula is C32H32Cl2N4O8. The largest absolute Gasteiger partial charge is 0.493 e. The molecule has 1 aliphatic rings. The Bertz CT molecular complexity index is 1680. The van der Waals surface area contributed by atoms with Gasteiger partial charge in [-0.2, -0.15) is 5.10 Å². The minimum absolute atomic E-state index is 0.141. The van der Waals surface area contributed by atoms with Crippen LogP contribution in [0.4, 0.5) is 4.79 Å². The lowest BCUT2D eigenvalue weighted by molar-refractivity contribution is -0.139. The van der Waals surface area contributed by atoms with Crippen LogP contribution in [0.25, 0.3) is 0 Å². The summed E-state index contributed by atoms with van der Waals surface area (Å²) in [6, 6.07) is 13.9. The van der Waals surface area contributed by atoms with E-state index in [1.165, 1.54) is 20.4 Å². The maximum absolute atomic E-state index is 12.6. The fraction of sp³-hybridized carbons (Fsp3) is 0.250. The maximum atomic E-state index is 12.6. The molecule has 0 spiro atoms. The number of carbonyl (C=O) groups is 3. The minimum Gasteiger partial charge on any atom is -0.493 e. The molecule has 1 aliphatic heterocycles. The van der Waals surface area contributed by atoms with E-state index in [2.05, 4.69) is 21.2 Å². The molecule has 0 saturated heterocycles. The average molecular weight is 672 g/mol. The van der Waals surface area contributed by atoms with Gasteiger partial charge in [0.1, 0.15) is 6.61 Å². The van der Waals surface area contributed by atoms with Crippen molar-refractivity contribution in [1.82, 2.24) is 16.1 Å². The zero-order valence-electron chi connectivity index (χ0n) is 25.4. The predicted octanol–water partition coefficient (Wildman–Crippen LogP) is 5.31. The van der Waals surface area contributed by atoms with Gasteiger partial charge in [0.2, 0.25) is 0 Å². The first-order chi connectivity index (χ1) is 22.1. The van der Waals surface area contributed by atoms with E-state index in [1.54, 1.807) is 68.4 Å². The van der Waals surface area contributed by atoms with Crippen molar-refractivity contribution in [3.8, 4) is 23.0 Å². The summed E-state index contributed by atoms with van der Waals surface area (Å²) in [6.45, 7) is 3.24. The third-order valence-electron chi connectivity index (χ3n) is 6.65. The topological polar surface area (TPSA) is 146 Å². The van der Waals surface area contributed by atoms with Crippen LogP contribution in [-0.4, -0.2) is 51.6 Å². The lowest BCUT2D eigenvalue weighted by Crippen LogP contribution is -2.45. The van der Waals surface area contributed by atoms with Gasteiger partial charge in [-0.05, 0) is 55.8 Å². The SMILES string of the molecule is CCOC(=O)C1=C(C)NC(=O)N[C@@H]1c1ccc(OCC(=O)N/N=C/c2cccc(OC)c2OCc2ccc(Cl)cc2Cl)c(OC)c1. The second kappa shape index (κ2) is 15.9. The predicted molar refractivity (Wildman–Crippen MR) is 172 cm³/mol. The van der Waals surface area contributed by atoms with Crippen molar-refractivity contribution in [2.45, 2.75) is 26.5 Å². The number of nitrogens with one attached hydrogen (secondary N) is 3.